The first-order valence-corrected chi connectivity index (χ1v) is 7.76. The number of imidazole rings is 1. The summed E-state index contributed by atoms with van der Waals surface area (Å²) in [6.07, 6.45) is 5.02. The van der Waals surface area contributed by atoms with E-state index in [-0.39, 0.29) is 0 Å². The monoisotopic (exact) mass is 270 g/mol. The summed E-state index contributed by atoms with van der Waals surface area (Å²) in [5, 5.41) is 0. The van der Waals surface area contributed by atoms with E-state index < -0.39 is 0 Å². The van der Waals surface area contributed by atoms with Crippen LogP contribution in [-0.4, -0.2) is 33.6 Å². The van der Waals surface area contributed by atoms with Crippen LogP contribution in [0.15, 0.2) is 18.2 Å². The standard InChI is InChI=1S/C16H22N4/c1-2-16-18-14-9-11(17)3-6-15(14)20(16)13-7-8-19(10-13)12-4-5-12/h3,6,9,12-13H,2,4-5,7-8,10,17H2,1H3. The minimum atomic E-state index is 0.583. The van der Waals surface area contributed by atoms with Crippen LogP contribution in [0.5, 0.6) is 0 Å². The van der Waals surface area contributed by atoms with Crippen LogP contribution in [0, 0.1) is 0 Å². The Morgan fingerprint density at radius 2 is 2.10 bits per heavy atom. The molecular weight excluding hydrogens is 248 g/mol. The van der Waals surface area contributed by atoms with Crippen molar-refractivity contribution in [1.29, 1.82) is 0 Å². The maximum Gasteiger partial charge on any atom is 0.109 e. The maximum absolute atomic E-state index is 5.89. The summed E-state index contributed by atoms with van der Waals surface area (Å²) in [7, 11) is 0. The molecule has 4 nitrogen and oxygen atoms in total. The highest BCUT2D eigenvalue weighted by Gasteiger charge is 2.35. The second-order valence-electron chi connectivity index (χ2n) is 6.17. The first-order valence-electron chi connectivity index (χ1n) is 7.76. The maximum atomic E-state index is 5.89. The number of aromatic nitrogens is 2. The molecule has 0 amide bonds. The van der Waals surface area contributed by atoms with E-state index in [9.17, 15) is 0 Å². The fraction of sp³-hybridized carbons (Fsp3) is 0.562. The molecule has 1 aliphatic heterocycles. The van der Waals surface area contributed by atoms with Crippen molar-refractivity contribution in [1.82, 2.24) is 14.5 Å². The average Bonchev–Trinajstić information content (AvgIpc) is 3.07. The smallest absolute Gasteiger partial charge is 0.109 e. The third-order valence-corrected chi connectivity index (χ3v) is 4.73. The summed E-state index contributed by atoms with van der Waals surface area (Å²) in [4.78, 5) is 7.45. The molecule has 2 heterocycles. The number of anilines is 1. The lowest BCUT2D eigenvalue weighted by Gasteiger charge is -2.18. The van der Waals surface area contributed by atoms with Crippen LogP contribution in [0.3, 0.4) is 0 Å². The number of likely N-dealkylation sites (tertiary alicyclic amines) is 1. The van der Waals surface area contributed by atoms with Gasteiger partial charge in [0, 0.05) is 37.3 Å². The predicted molar refractivity (Wildman–Crippen MR) is 81.8 cm³/mol. The SMILES string of the molecule is CCc1nc2cc(N)ccc2n1C1CCN(C2CC2)C1. The lowest BCUT2D eigenvalue weighted by atomic mass is 10.2. The molecule has 2 N–H and O–H groups in total. The number of fused-ring (bicyclic) bond motifs is 1. The van der Waals surface area contributed by atoms with Gasteiger partial charge in [0.2, 0.25) is 0 Å². The van der Waals surface area contributed by atoms with E-state index in [2.05, 4.69) is 22.5 Å². The van der Waals surface area contributed by atoms with E-state index in [1.807, 2.05) is 12.1 Å². The Morgan fingerprint density at radius 3 is 2.85 bits per heavy atom. The van der Waals surface area contributed by atoms with E-state index >= 15 is 0 Å². The van der Waals surface area contributed by atoms with Gasteiger partial charge in [0.15, 0.2) is 0 Å². The lowest BCUT2D eigenvalue weighted by molar-refractivity contribution is 0.314. The van der Waals surface area contributed by atoms with Crippen molar-refractivity contribution in [2.75, 3.05) is 18.8 Å². The van der Waals surface area contributed by atoms with Crippen LogP contribution in [0.4, 0.5) is 5.69 Å². The summed E-state index contributed by atoms with van der Waals surface area (Å²) in [5.74, 6) is 1.20. The van der Waals surface area contributed by atoms with E-state index in [4.69, 9.17) is 10.7 Å². The van der Waals surface area contributed by atoms with Crippen molar-refractivity contribution in [2.45, 2.75) is 44.7 Å². The predicted octanol–water partition coefficient (Wildman–Crippen LogP) is 2.59. The Kier molecular flexibility index (Phi) is 2.74. The van der Waals surface area contributed by atoms with Crippen LogP contribution in [-0.2, 0) is 6.42 Å². The molecule has 1 saturated heterocycles. The topological polar surface area (TPSA) is 47.1 Å². The van der Waals surface area contributed by atoms with Crippen LogP contribution < -0.4 is 5.73 Å². The van der Waals surface area contributed by atoms with Crippen molar-refractivity contribution in [3.63, 3.8) is 0 Å². The summed E-state index contributed by atoms with van der Waals surface area (Å²) in [6, 6.07) is 7.58. The number of aryl methyl sites for hydroxylation is 1. The molecule has 20 heavy (non-hydrogen) atoms. The average molecular weight is 270 g/mol. The number of rotatable bonds is 3. The normalized spacial score (nSPS) is 23.8. The molecule has 1 aromatic heterocycles. The van der Waals surface area contributed by atoms with Gasteiger partial charge >= 0.3 is 0 Å². The van der Waals surface area contributed by atoms with Crippen LogP contribution in [0.2, 0.25) is 0 Å². The Labute approximate surface area is 119 Å². The zero-order valence-electron chi connectivity index (χ0n) is 12.0. The van der Waals surface area contributed by atoms with E-state index in [1.165, 1.54) is 43.7 Å². The van der Waals surface area contributed by atoms with Crippen molar-refractivity contribution in [3.05, 3.63) is 24.0 Å². The van der Waals surface area contributed by atoms with E-state index in [1.54, 1.807) is 0 Å². The molecule has 4 rings (SSSR count). The van der Waals surface area contributed by atoms with Gasteiger partial charge in [-0.2, -0.15) is 0 Å². The lowest BCUT2D eigenvalue weighted by Crippen LogP contribution is -2.24. The van der Waals surface area contributed by atoms with Crippen LogP contribution in [0.25, 0.3) is 11.0 Å². The number of nitrogen functional groups attached to an aromatic ring is 1. The highest BCUT2D eigenvalue weighted by molar-refractivity contribution is 5.79. The first kappa shape index (κ1) is 12.2. The van der Waals surface area contributed by atoms with Crippen molar-refractivity contribution >= 4 is 16.7 Å². The molecule has 1 unspecified atom stereocenters. The molecule has 0 spiro atoms. The Balaban J connectivity index is 1.74. The molecule has 2 aliphatic rings. The van der Waals surface area contributed by atoms with Crippen molar-refractivity contribution < 1.29 is 0 Å². The molecule has 1 atom stereocenters. The fourth-order valence-electron chi connectivity index (χ4n) is 3.57. The van der Waals surface area contributed by atoms with Gasteiger partial charge in [0.25, 0.3) is 0 Å². The molecule has 1 aliphatic carbocycles. The highest BCUT2D eigenvalue weighted by atomic mass is 15.3. The van der Waals surface area contributed by atoms with Crippen molar-refractivity contribution in [2.24, 2.45) is 0 Å². The highest BCUT2D eigenvalue weighted by Crippen LogP contribution is 2.35. The number of nitrogens with two attached hydrogens (primary N) is 1. The van der Waals surface area contributed by atoms with Gasteiger partial charge in [0.1, 0.15) is 5.82 Å². The minimum absolute atomic E-state index is 0.583. The van der Waals surface area contributed by atoms with Gasteiger partial charge in [-0.05, 0) is 37.5 Å². The number of hydrogen-bond donors (Lipinski definition) is 1. The van der Waals surface area contributed by atoms with Crippen LogP contribution in [0.1, 0.15) is 38.1 Å². The fourth-order valence-corrected chi connectivity index (χ4v) is 3.57. The van der Waals surface area contributed by atoms with Crippen molar-refractivity contribution in [3.8, 4) is 0 Å². The van der Waals surface area contributed by atoms with Gasteiger partial charge in [-0.25, -0.2) is 4.98 Å². The van der Waals surface area contributed by atoms with Gasteiger partial charge in [-0.15, -0.1) is 0 Å². The van der Waals surface area contributed by atoms with E-state index in [0.29, 0.717) is 6.04 Å². The van der Waals surface area contributed by atoms with Gasteiger partial charge in [-0.3, -0.25) is 4.90 Å². The molecule has 4 heteroatoms. The van der Waals surface area contributed by atoms with Gasteiger partial charge in [-0.1, -0.05) is 6.92 Å². The second kappa shape index (κ2) is 4.48. The molecule has 1 aromatic carbocycles. The van der Waals surface area contributed by atoms with Gasteiger partial charge < -0.3 is 10.3 Å². The van der Waals surface area contributed by atoms with E-state index in [0.717, 1.165) is 23.7 Å². The number of benzene rings is 1. The van der Waals surface area contributed by atoms with Gasteiger partial charge in [0.05, 0.1) is 11.0 Å². The second-order valence-corrected chi connectivity index (χ2v) is 6.17. The molecule has 106 valence electrons. The third kappa shape index (κ3) is 1.90. The summed E-state index contributed by atoms with van der Waals surface area (Å²) in [5.41, 5.74) is 8.99. The minimum Gasteiger partial charge on any atom is -0.399 e. The quantitative estimate of drug-likeness (QED) is 0.872. The summed E-state index contributed by atoms with van der Waals surface area (Å²) < 4.78 is 2.47. The summed E-state index contributed by atoms with van der Waals surface area (Å²) in [6.45, 7) is 4.62. The Bertz CT molecular complexity index is 641. The molecule has 0 radical (unpaired) electrons. The Morgan fingerprint density at radius 1 is 1.25 bits per heavy atom. The zero-order valence-corrected chi connectivity index (χ0v) is 12.0. The largest absolute Gasteiger partial charge is 0.399 e. The molecule has 2 aromatic rings. The van der Waals surface area contributed by atoms with Crippen LogP contribution >= 0.6 is 0 Å². The Hall–Kier alpha value is -1.55. The molecular formula is C16H22N4. The number of hydrogen-bond acceptors (Lipinski definition) is 3. The third-order valence-electron chi connectivity index (χ3n) is 4.73. The zero-order chi connectivity index (χ0) is 13.7. The molecule has 0 bridgehead atoms. The molecule has 2 fully saturated rings. The summed E-state index contributed by atoms with van der Waals surface area (Å²) >= 11 is 0. The number of nitrogens with zero attached hydrogens (tertiary/aromatic N) is 3. The molecule has 1 saturated carbocycles. The first-order chi connectivity index (χ1) is 9.76.